The van der Waals surface area contributed by atoms with Crippen molar-refractivity contribution in [1.29, 1.82) is 0 Å². The summed E-state index contributed by atoms with van der Waals surface area (Å²) in [7, 11) is 4.67. The van der Waals surface area contributed by atoms with Crippen LogP contribution in [0.2, 0.25) is 0 Å². The molecule has 0 saturated heterocycles. The van der Waals surface area contributed by atoms with E-state index in [0.29, 0.717) is 23.5 Å². The van der Waals surface area contributed by atoms with Gasteiger partial charge in [0.2, 0.25) is 0 Å². The Hall–Kier alpha value is -3.32. The zero-order valence-corrected chi connectivity index (χ0v) is 20.1. The van der Waals surface area contributed by atoms with Crippen LogP contribution in [0, 0.1) is 0 Å². The zero-order chi connectivity index (χ0) is 24.2. The van der Waals surface area contributed by atoms with Gasteiger partial charge in [0.05, 0.1) is 25.4 Å². The van der Waals surface area contributed by atoms with Crippen molar-refractivity contribution in [2.45, 2.75) is 39.0 Å². The molecular formula is C26H35N3O4. The number of carbonyl (C=O) groups is 1. The van der Waals surface area contributed by atoms with Crippen LogP contribution in [0.1, 0.15) is 37.4 Å². The minimum atomic E-state index is -0.227. The van der Waals surface area contributed by atoms with Gasteiger partial charge in [0.25, 0.3) is 5.91 Å². The molecule has 1 aromatic heterocycles. The Morgan fingerprint density at radius 3 is 2.52 bits per heavy atom. The van der Waals surface area contributed by atoms with Crippen molar-refractivity contribution >= 4 is 22.5 Å². The van der Waals surface area contributed by atoms with Crippen molar-refractivity contribution in [3.8, 4) is 0 Å². The Morgan fingerprint density at radius 2 is 1.85 bits per heavy atom. The molecule has 1 aliphatic rings. The molecule has 0 fully saturated rings. The summed E-state index contributed by atoms with van der Waals surface area (Å²) in [5, 5.41) is 1.00. The fourth-order valence-corrected chi connectivity index (χ4v) is 3.82. The molecule has 0 bridgehead atoms. The van der Waals surface area contributed by atoms with Crippen LogP contribution in [0.4, 0.5) is 5.69 Å². The van der Waals surface area contributed by atoms with Crippen LogP contribution in [0.25, 0.3) is 10.9 Å². The highest BCUT2D eigenvalue weighted by Gasteiger charge is 2.19. The molecule has 1 amide bonds. The third kappa shape index (κ3) is 6.35. The van der Waals surface area contributed by atoms with Crippen LogP contribution in [0.5, 0.6) is 0 Å². The maximum atomic E-state index is 13.0. The molecule has 7 nitrogen and oxygen atoms in total. The number of fused-ring (bicyclic) bond motifs is 2. The van der Waals surface area contributed by atoms with E-state index in [1.54, 1.807) is 27.4 Å². The van der Waals surface area contributed by atoms with Crippen molar-refractivity contribution in [3.63, 3.8) is 0 Å². The van der Waals surface area contributed by atoms with E-state index in [-0.39, 0.29) is 12.5 Å². The average Bonchev–Trinajstić information content (AvgIpc) is 2.87. The highest BCUT2D eigenvalue weighted by Crippen LogP contribution is 2.32. The SMILES string of the molecule is C=C.CC/C(=C\C(OC)=C(/COC)OC)C(=O)NNc1c2c(nc3ccccc13)CCCC2. The number of allylic oxidation sites excluding steroid dienone is 1. The van der Waals surface area contributed by atoms with Gasteiger partial charge in [-0.3, -0.25) is 20.6 Å². The van der Waals surface area contributed by atoms with Crippen LogP contribution >= 0.6 is 0 Å². The molecule has 0 atom stereocenters. The van der Waals surface area contributed by atoms with Crippen molar-refractivity contribution in [1.82, 2.24) is 10.4 Å². The van der Waals surface area contributed by atoms with Crippen molar-refractivity contribution < 1.29 is 19.0 Å². The predicted molar refractivity (Wildman–Crippen MR) is 133 cm³/mol. The summed E-state index contributed by atoms with van der Waals surface area (Å²) < 4.78 is 15.9. The molecule has 0 unspecified atom stereocenters. The minimum Gasteiger partial charge on any atom is -0.495 e. The number of aryl methyl sites for hydroxylation is 1. The number of ether oxygens (including phenoxy) is 3. The molecule has 0 saturated carbocycles. The first-order valence-electron chi connectivity index (χ1n) is 11.1. The first-order chi connectivity index (χ1) is 16.1. The number of hydrazine groups is 1. The first kappa shape index (κ1) is 25.9. The maximum Gasteiger partial charge on any atom is 0.265 e. The molecule has 2 aromatic rings. The van der Waals surface area contributed by atoms with E-state index in [9.17, 15) is 4.79 Å². The summed E-state index contributed by atoms with van der Waals surface area (Å²) in [5.74, 6) is 0.754. The number of para-hydroxylation sites is 1. The Bertz CT molecular complexity index is 1010. The van der Waals surface area contributed by atoms with Gasteiger partial charge < -0.3 is 14.2 Å². The lowest BCUT2D eigenvalue weighted by Gasteiger charge is -2.22. The second-order valence-corrected chi connectivity index (χ2v) is 7.37. The molecule has 0 spiro atoms. The Morgan fingerprint density at radius 1 is 1.12 bits per heavy atom. The number of carbonyl (C=O) groups excluding carboxylic acids is 1. The summed E-state index contributed by atoms with van der Waals surface area (Å²) in [4.78, 5) is 17.8. The Kier molecular flexibility index (Phi) is 10.4. The van der Waals surface area contributed by atoms with E-state index in [1.165, 1.54) is 5.56 Å². The molecule has 0 radical (unpaired) electrons. The normalized spacial score (nSPS) is 13.8. The summed E-state index contributed by atoms with van der Waals surface area (Å²) in [6, 6.07) is 8.01. The third-order valence-electron chi connectivity index (χ3n) is 5.46. The number of aromatic nitrogens is 1. The van der Waals surface area contributed by atoms with Crippen molar-refractivity contribution in [3.05, 3.63) is 71.8 Å². The van der Waals surface area contributed by atoms with E-state index in [2.05, 4.69) is 24.0 Å². The largest absolute Gasteiger partial charge is 0.495 e. The Balaban J connectivity index is 0.00000187. The molecule has 0 aliphatic heterocycles. The van der Waals surface area contributed by atoms with Crippen molar-refractivity contribution in [2.75, 3.05) is 33.4 Å². The smallest absolute Gasteiger partial charge is 0.265 e. The van der Waals surface area contributed by atoms with E-state index < -0.39 is 0 Å². The number of hydrogen-bond acceptors (Lipinski definition) is 6. The fraction of sp³-hybridized carbons (Fsp3) is 0.385. The van der Waals surface area contributed by atoms with Gasteiger partial charge in [0, 0.05) is 23.8 Å². The molecular weight excluding hydrogens is 418 g/mol. The minimum absolute atomic E-state index is 0.227. The summed E-state index contributed by atoms with van der Waals surface area (Å²) in [6.07, 6.45) is 6.39. The van der Waals surface area contributed by atoms with Gasteiger partial charge in [-0.25, -0.2) is 0 Å². The number of rotatable bonds is 9. The zero-order valence-electron chi connectivity index (χ0n) is 20.1. The average molecular weight is 454 g/mol. The molecule has 1 aromatic carbocycles. The number of hydrogen-bond donors (Lipinski definition) is 2. The summed E-state index contributed by atoms with van der Waals surface area (Å²) in [6.45, 7) is 8.17. The van der Waals surface area contributed by atoms with Gasteiger partial charge in [-0.1, -0.05) is 25.1 Å². The number of nitrogens with zero attached hydrogens (tertiary/aromatic N) is 1. The van der Waals surface area contributed by atoms with Crippen LogP contribution in [0.15, 0.2) is 60.6 Å². The van der Waals surface area contributed by atoms with Crippen molar-refractivity contribution in [2.24, 2.45) is 0 Å². The fourth-order valence-electron chi connectivity index (χ4n) is 3.82. The lowest BCUT2D eigenvalue weighted by molar-refractivity contribution is -0.117. The monoisotopic (exact) mass is 453 g/mol. The van der Waals surface area contributed by atoms with Gasteiger partial charge in [0.15, 0.2) is 11.5 Å². The van der Waals surface area contributed by atoms with E-state index >= 15 is 0 Å². The highest BCUT2D eigenvalue weighted by molar-refractivity contribution is 5.97. The number of amides is 1. The number of nitrogens with one attached hydrogen (secondary N) is 2. The Labute approximate surface area is 196 Å². The summed E-state index contributed by atoms with van der Waals surface area (Å²) in [5.41, 5.74) is 10.8. The quantitative estimate of drug-likeness (QED) is 0.186. The molecule has 1 heterocycles. The summed E-state index contributed by atoms with van der Waals surface area (Å²) >= 11 is 0. The molecule has 33 heavy (non-hydrogen) atoms. The number of methoxy groups -OCH3 is 3. The number of anilines is 1. The lowest BCUT2D eigenvalue weighted by Crippen LogP contribution is -2.31. The second-order valence-electron chi connectivity index (χ2n) is 7.37. The third-order valence-corrected chi connectivity index (χ3v) is 5.46. The van der Waals surface area contributed by atoms with Gasteiger partial charge >= 0.3 is 0 Å². The highest BCUT2D eigenvalue weighted by atomic mass is 16.5. The molecule has 3 rings (SSSR count). The first-order valence-corrected chi connectivity index (χ1v) is 11.1. The second kappa shape index (κ2) is 13.3. The predicted octanol–water partition coefficient (Wildman–Crippen LogP) is 4.85. The van der Waals surface area contributed by atoms with E-state index in [0.717, 1.165) is 48.0 Å². The van der Waals surface area contributed by atoms with E-state index in [4.69, 9.17) is 19.2 Å². The lowest BCUT2D eigenvalue weighted by atomic mass is 9.93. The van der Waals surface area contributed by atoms with Crippen LogP contribution < -0.4 is 10.9 Å². The van der Waals surface area contributed by atoms with Crippen LogP contribution in [0.3, 0.4) is 0 Å². The van der Waals surface area contributed by atoms with E-state index in [1.807, 2.05) is 31.2 Å². The van der Waals surface area contributed by atoms with Gasteiger partial charge in [0.1, 0.15) is 6.61 Å². The van der Waals surface area contributed by atoms with Gasteiger partial charge in [-0.15, -0.1) is 13.2 Å². The molecule has 7 heteroatoms. The van der Waals surface area contributed by atoms with Crippen LogP contribution in [-0.2, 0) is 31.8 Å². The van der Waals surface area contributed by atoms with Gasteiger partial charge in [-0.2, -0.15) is 0 Å². The van der Waals surface area contributed by atoms with Crippen LogP contribution in [-0.4, -0.2) is 38.8 Å². The number of benzene rings is 1. The molecule has 1 aliphatic carbocycles. The number of pyridine rings is 1. The van der Waals surface area contributed by atoms with Gasteiger partial charge in [-0.05, 0) is 49.8 Å². The molecule has 2 N–H and O–H groups in total. The standard InChI is InChI=1S/C24H31N3O4.C2H4/c1-5-16(14-21(30-3)22(31-4)15-29-2)24(28)27-26-23-17-10-6-8-12-19(17)25-20-13-9-7-11-18(20)23;1-2/h6,8,10,12,14H,5,7,9,11,13,15H2,1-4H3,(H,25,26)(H,27,28);1-2H2/b16-14+,22-21-;. The maximum absolute atomic E-state index is 13.0. The topological polar surface area (TPSA) is 81.7 Å². The molecule has 178 valence electrons.